The summed E-state index contributed by atoms with van der Waals surface area (Å²) >= 11 is 1.56. The molecule has 132 valence electrons. The van der Waals surface area contributed by atoms with E-state index < -0.39 is 5.60 Å². The van der Waals surface area contributed by atoms with Crippen molar-refractivity contribution in [2.45, 2.75) is 24.5 Å². The molecular weight excluding hydrogens is 348 g/mol. The van der Waals surface area contributed by atoms with Crippen molar-refractivity contribution in [2.75, 3.05) is 7.11 Å². The standard InChI is InChI=1S/C19H18N4O2S/c1-23-10-13-5-12(9-20-17(13)22-23)15-4-3-11-6-16(26-18(11)21-15)19(24)7-14(8-19)25-2/h3-6,9-10,14,24H,7-8H2,1-2H3. The lowest BCUT2D eigenvalue weighted by molar-refractivity contribution is -0.130. The Labute approximate surface area is 154 Å². The summed E-state index contributed by atoms with van der Waals surface area (Å²) < 4.78 is 7.07. The van der Waals surface area contributed by atoms with E-state index in [9.17, 15) is 5.11 Å². The van der Waals surface area contributed by atoms with Crippen LogP contribution in [-0.2, 0) is 17.4 Å². The Morgan fingerprint density at radius 3 is 2.92 bits per heavy atom. The molecule has 0 unspecified atom stereocenters. The topological polar surface area (TPSA) is 73.1 Å². The van der Waals surface area contributed by atoms with Crippen LogP contribution in [0.3, 0.4) is 0 Å². The normalized spacial score (nSPS) is 22.8. The molecular formula is C19H18N4O2S. The molecule has 0 aromatic carbocycles. The van der Waals surface area contributed by atoms with Crippen molar-refractivity contribution < 1.29 is 9.84 Å². The van der Waals surface area contributed by atoms with E-state index in [1.807, 2.05) is 25.4 Å². The molecule has 4 aromatic rings. The van der Waals surface area contributed by atoms with Crippen molar-refractivity contribution in [3.05, 3.63) is 41.5 Å². The molecule has 0 amide bonds. The lowest BCUT2D eigenvalue weighted by atomic mass is 9.76. The Kier molecular flexibility index (Phi) is 3.40. The molecule has 7 heteroatoms. The van der Waals surface area contributed by atoms with Crippen LogP contribution in [0.5, 0.6) is 0 Å². The van der Waals surface area contributed by atoms with Crippen LogP contribution in [0.4, 0.5) is 0 Å². The van der Waals surface area contributed by atoms with Gasteiger partial charge in [0.2, 0.25) is 0 Å². The van der Waals surface area contributed by atoms with Crippen LogP contribution in [0.25, 0.3) is 32.5 Å². The van der Waals surface area contributed by atoms with Gasteiger partial charge in [-0.15, -0.1) is 11.3 Å². The molecule has 0 spiro atoms. The lowest BCUT2D eigenvalue weighted by Gasteiger charge is -2.41. The largest absolute Gasteiger partial charge is 0.384 e. The number of rotatable bonds is 3. The first-order valence-electron chi connectivity index (χ1n) is 8.50. The van der Waals surface area contributed by atoms with Crippen molar-refractivity contribution in [2.24, 2.45) is 7.05 Å². The average molecular weight is 366 g/mol. The van der Waals surface area contributed by atoms with E-state index in [-0.39, 0.29) is 6.10 Å². The number of ether oxygens (including phenoxy) is 1. The smallest absolute Gasteiger partial charge is 0.181 e. The number of pyridine rings is 2. The Morgan fingerprint density at radius 1 is 1.27 bits per heavy atom. The van der Waals surface area contributed by atoms with Crippen molar-refractivity contribution in [3.63, 3.8) is 0 Å². The van der Waals surface area contributed by atoms with E-state index in [0.29, 0.717) is 12.8 Å². The second kappa shape index (κ2) is 5.57. The first-order chi connectivity index (χ1) is 12.5. The minimum Gasteiger partial charge on any atom is -0.384 e. The van der Waals surface area contributed by atoms with Gasteiger partial charge in [0.15, 0.2) is 5.65 Å². The van der Waals surface area contributed by atoms with E-state index in [0.717, 1.165) is 37.4 Å². The fraction of sp³-hybridized carbons (Fsp3) is 0.316. The van der Waals surface area contributed by atoms with Crippen LogP contribution in [-0.4, -0.2) is 38.1 Å². The maximum atomic E-state index is 10.8. The molecule has 1 aliphatic rings. The Balaban J connectivity index is 1.53. The fourth-order valence-electron chi connectivity index (χ4n) is 3.54. The van der Waals surface area contributed by atoms with E-state index in [4.69, 9.17) is 9.72 Å². The van der Waals surface area contributed by atoms with Gasteiger partial charge in [-0.05, 0) is 24.3 Å². The number of aliphatic hydroxyl groups is 1. The second-order valence-electron chi connectivity index (χ2n) is 6.94. The third kappa shape index (κ3) is 2.43. The third-order valence-electron chi connectivity index (χ3n) is 5.07. The zero-order valence-corrected chi connectivity index (χ0v) is 15.3. The van der Waals surface area contributed by atoms with Crippen molar-refractivity contribution in [1.29, 1.82) is 0 Å². The number of aryl methyl sites for hydroxylation is 1. The monoisotopic (exact) mass is 366 g/mol. The van der Waals surface area contributed by atoms with E-state index in [1.165, 1.54) is 0 Å². The highest BCUT2D eigenvalue weighted by Crippen LogP contribution is 2.46. The molecule has 4 heterocycles. The van der Waals surface area contributed by atoms with Crippen molar-refractivity contribution in [1.82, 2.24) is 19.7 Å². The third-order valence-corrected chi connectivity index (χ3v) is 6.31. The zero-order valence-electron chi connectivity index (χ0n) is 14.5. The lowest BCUT2D eigenvalue weighted by Crippen LogP contribution is -2.44. The van der Waals surface area contributed by atoms with Gasteiger partial charge < -0.3 is 9.84 Å². The number of fused-ring (bicyclic) bond motifs is 2. The first-order valence-corrected chi connectivity index (χ1v) is 9.32. The Bertz CT molecular complexity index is 1130. The van der Waals surface area contributed by atoms with Gasteiger partial charge in [0.1, 0.15) is 10.4 Å². The predicted octanol–water partition coefficient (Wildman–Crippen LogP) is 3.24. The van der Waals surface area contributed by atoms with E-state index in [1.54, 1.807) is 29.3 Å². The SMILES string of the molecule is COC1CC(O)(c2cc3ccc(-c4cnc5nn(C)cc5c4)nc3s2)C1. The number of nitrogens with zero attached hydrogens (tertiary/aromatic N) is 4. The molecule has 1 fully saturated rings. The minimum atomic E-state index is -0.775. The van der Waals surface area contributed by atoms with Gasteiger partial charge in [0.05, 0.1) is 11.8 Å². The molecule has 0 atom stereocenters. The highest BCUT2D eigenvalue weighted by atomic mass is 32.1. The van der Waals surface area contributed by atoms with Crippen LogP contribution >= 0.6 is 11.3 Å². The van der Waals surface area contributed by atoms with E-state index in [2.05, 4.69) is 22.2 Å². The van der Waals surface area contributed by atoms with Crippen LogP contribution in [0.2, 0.25) is 0 Å². The number of methoxy groups -OCH3 is 1. The second-order valence-corrected chi connectivity index (χ2v) is 7.97. The van der Waals surface area contributed by atoms with Gasteiger partial charge in [-0.1, -0.05) is 0 Å². The van der Waals surface area contributed by atoms with Crippen LogP contribution < -0.4 is 0 Å². The molecule has 4 aromatic heterocycles. The fourth-order valence-corrected chi connectivity index (χ4v) is 4.68. The first kappa shape index (κ1) is 15.9. The summed E-state index contributed by atoms with van der Waals surface area (Å²) in [5.41, 5.74) is 1.79. The van der Waals surface area contributed by atoms with Crippen LogP contribution in [0.15, 0.2) is 36.7 Å². The molecule has 0 saturated heterocycles. The van der Waals surface area contributed by atoms with Gasteiger partial charge >= 0.3 is 0 Å². The molecule has 0 bridgehead atoms. The molecule has 0 radical (unpaired) electrons. The number of aromatic nitrogens is 4. The average Bonchev–Trinajstić information content (AvgIpc) is 3.19. The van der Waals surface area contributed by atoms with Crippen molar-refractivity contribution in [3.8, 4) is 11.3 Å². The summed E-state index contributed by atoms with van der Waals surface area (Å²) in [6.07, 6.45) is 5.19. The molecule has 1 aliphatic carbocycles. The molecule has 6 nitrogen and oxygen atoms in total. The number of hydrogen-bond donors (Lipinski definition) is 1. The number of thiophene rings is 1. The molecule has 1 saturated carbocycles. The summed E-state index contributed by atoms with van der Waals surface area (Å²) in [5, 5.41) is 17.1. The summed E-state index contributed by atoms with van der Waals surface area (Å²) in [6.45, 7) is 0. The molecule has 5 rings (SSSR count). The van der Waals surface area contributed by atoms with Crippen molar-refractivity contribution >= 4 is 32.6 Å². The molecule has 26 heavy (non-hydrogen) atoms. The summed E-state index contributed by atoms with van der Waals surface area (Å²) in [5.74, 6) is 0. The minimum absolute atomic E-state index is 0.144. The van der Waals surface area contributed by atoms with Gasteiger partial charge in [-0.3, -0.25) is 4.68 Å². The zero-order chi connectivity index (χ0) is 17.9. The quantitative estimate of drug-likeness (QED) is 0.603. The maximum Gasteiger partial charge on any atom is 0.181 e. The molecule has 0 aliphatic heterocycles. The Morgan fingerprint density at radius 2 is 2.12 bits per heavy atom. The summed E-state index contributed by atoms with van der Waals surface area (Å²) in [4.78, 5) is 11.1. The summed E-state index contributed by atoms with van der Waals surface area (Å²) in [7, 11) is 3.58. The van der Waals surface area contributed by atoms with Crippen LogP contribution in [0, 0.1) is 0 Å². The molecule has 1 N–H and O–H groups in total. The van der Waals surface area contributed by atoms with Gasteiger partial charge in [0, 0.05) is 60.6 Å². The number of hydrogen-bond acceptors (Lipinski definition) is 6. The van der Waals surface area contributed by atoms with Gasteiger partial charge in [-0.25, -0.2) is 9.97 Å². The highest BCUT2D eigenvalue weighted by Gasteiger charge is 2.45. The highest BCUT2D eigenvalue weighted by molar-refractivity contribution is 7.18. The van der Waals surface area contributed by atoms with Crippen LogP contribution in [0.1, 0.15) is 17.7 Å². The predicted molar refractivity (Wildman–Crippen MR) is 101 cm³/mol. The van der Waals surface area contributed by atoms with E-state index >= 15 is 0 Å². The van der Waals surface area contributed by atoms with Gasteiger partial charge in [-0.2, -0.15) is 5.10 Å². The maximum absolute atomic E-state index is 10.8. The van der Waals surface area contributed by atoms with Gasteiger partial charge in [0.25, 0.3) is 0 Å². The summed E-state index contributed by atoms with van der Waals surface area (Å²) in [6, 6.07) is 8.16. The Hall–Kier alpha value is -2.35.